The second kappa shape index (κ2) is 7.27. The summed E-state index contributed by atoms with van der Waals surface area (Å²) in [6.07, 6.45) is 0. The summed E-state index contributed by atoms with van der Waals surface area (Å²) in [5, 5.41) is 0. The number of halogens is 2. The molecule has 0 N–H and O–H groups in total. The van der Waals surface area contributed by atoms with Crippen molar-refractivity contribution in [1.82, 2.24) is 0 Å². The summed E-state index contributed by atoms with van der Waals surface area (Å²) < 4.78 is 18.3. The van der Waals surface area contributed by atoms with Crippen molar-refractivity contribution < 1.29 is 13.9 Å². The van der Waals surface area contributed by atoms with Gasteiger partial charge < -0.3 is 9.64 Å². The van der Waals surface area contributed by atoms with E-state index in [1.165, 1.54) is 12.1 Å². The zero-order valence-corrected chi connectivity index (χ0v) is 13.2. The number of hydrogen-bond donors (Lipinski definition) is 0. The van der Waals surface area contributed by atoms with Crippen LogP contribution in [0.2, 0.25) is 0 Å². The molecule has 2 aromatic carbocycles. The van der Waals surface area contributed by atoms with Crippen LogP contribution >= 0.6 is 11.6 Å². The first-order valence-electron chi connectivity index (χ1n) is 6.80. The number of carbonyl (C=O) groups excluding carboxylic acids is 1. The predicted molar refractivity (Wildman–Crippen MR) is 86.0 cm³/mol. The van der Waals surface area contributed by atoms with Crippen LogP contribution in [0.3, 0.4) is 0 Å². The van der Waals surface area contributed by atoms with Gasteiger partial charge in [-0.05, 0) is 36.2 Å². The Bertz CT molecular complexity index is 658. The monoisotopic (exact) mass is 321 g/mol. The lowest BCUT2D eigenvalue weighted by atomic mass is 10.1. The third kappa shape index (κ3) is 3.77. The molecule has 0 spiro atoms. The molecule has 0 bridgehead atoms. The van der Waals surface area contributed by atoms with Crippen LogP contribution in [0.1, 0.15) is 11.1 Å². The summed E-state index contributed by atoms with van der Waals surface area (Å²) in [5.74, 6) is 0.0362. The van der Waals surface area contributed by atoms with Gasteiger partial charge in [-0.1, -0.05) is 18.2 Å². The lowest BCUT2D eigenvalue weighted by Crippen LogP contribution is -2.31. The molecular formula is C17H17ClFNO2. The van der Waals surface area contributed by atoms with Crippen LogP contribution in [-0.4, -0.2) is 18.9 Å². The summed E-state index contributed by atoms with van der Waals surface area (Å²) in [7, 11) is 1.58. The Labute approximate surface area is 134 Å². The first kappa shape index (κ1) is 16.3. The van der Waals surface area contributed by atoms with Crippen LogP contribution in [0.25, 0.3) is 0 Å². The number of aryl methyl sites for hydroxylation is 1. The minimum absolute atomic E-state index is 0.128. The van der Waals surface area contributed by atoms with Crippen molar-refractivity contribution in [2.45, 2.75) is 13.5 Å². The van der Waals surface area contributed by atoms with Gasteiger partial charge in [0.1, 0.15) is 17.4 Å². The summed E-state index contributed by atoms with van der Waals surface area (Å²) in [6, 6.07) is 11.6. The highest BCUT2D eigenvalue weighted by molar-refractivity contribution is 6.29. The molecule has 0 atom stereocenters. The van der Waals surface area contributed by atoms with Gasteiger partial charge in [-0.2, -0.15) is 0 Å². The van der Waals surface area contributed by atoms with E-state index in [1.807, 2.05) is 19.1 Å². The molecular weight excluding hydrogens is 305 g/mol. The van der Waals surface area contributed by atoms with E-state index in [9.17, 15) is 9.18 Å². The molecule has 1 amide bonds. The fourth-order valence-corrected chi connectivity index (χ4v) is 2.29. The van der Waals surface area contributed by atoms with Crippen LogP contribution in [0.5, 0.6) is 5.75 Å². The van der Waals surface area contributed by atoms with Crippen molar-refractivity contribution in [2.24, 2.45) is 0 Å². The number of rotatable bonds is 5. The molecule has 0 aliphatic heterocycles. The number of nitrogens with zero attached hydrogens (tertiary/aromatic N) is 1. The Morgan fingerprint density at radius 2 is 1.91 bits per heavy atom. The molecule has 0 saturated heterocycles. The minimum atomic E-state index is -0.309. The molecule has 0 unspecified atom stereocenters. The Morgan fingerprint density at radius 1 is 1.23 bits per heavy atom. The number of methoxy groups -OCH3 is 1. The molecule has 0 aliphatic rings. The van der Waals surface area contributed by atoms with Gasteiger partial charge in [0.15, 0.2) is 0 Å². The molecule has 0 aromatic heterocycles. The fourth-order valence-electron chi connectivity index (χ4n) is 2.14. The van der Waals surface area contributed by atoms with E-state index >= 15 is 0 Å². The SMILES string of the molecule is COc1cc(N(Cc2ccc(F)cc2)C(=O)CCl)ccc1C. The Balaban J connectivity index is 2.33. The highest BCUT2D eigenvalue weighted by Gasteiger charge is 2.16. The van der Waals surface area contributed by atoms with Crippen LogP contribution < -0.4 is 9.64 Å². The van der Waals surface area contributed by atoms with Gasteiger partial charge in [0.2, 0.25) is 5.91 Å². The number of hydrogen-bond acceptors (Lipinski definition) is 2. The van der Waals surface area contributed by atoms with Crippen molar-refractivity contribution >= 4 is 23.2 Å². The van der Waals surface area contributed by atoms with Crippen molar-refractivity contribution in [3.63, 3.8) is 0 Å². The summed E-state index contributed by atoms with van der Waals surface area (Å²) in [5.41, 5.74) is 2.49. The average molecular weight is 322 g/mol. The normalized spacial score (nSPS) is 10.4. The first-order valence-corrected chi connectivity index (χ1v) is 7.34. The van der Waals surface area contributed by atoms with Crippen LogP contribution in [-0.2, 0) is 11.3 Å². The maximum Gasteiger partial charge on any atom is 0.242 e. The van der Waals surface area contributed by atoms with Crippen LogP contribution in [0.4, 0.5) is 10.1 Å². The highest BCUT2D eigenvalue weighted by Crippen LogP contribution is 2.26. The minimum Gasteiger partial charge on any atom is -0.496 e. The van der Waals surface area contributed by atoms with Gasteiger partial charge >= 0.3 is 0 Å². The number of benzene rings is 2. The molecule has 0 saturated carbocycles. The zero-order valence-electron chi connectivity index (χ0n) is 12.5. The van der Waals surface area contributed by atoms with Crippen molar-refractivity contribution in [3.8, 4) is 5.75 Å². The second-order valence-corrected chi connectivity index (χ2v) is 5.16. The number of carbonyl (C=O) groups is 1. The lowest BCUT2D eigenvalue weighted by molar-refractivity contribution is -0.116. The maximum absolute atomic E-state index is 13.0. The standard InChI is InChI=1S/C17H17ClFNO2/c1-12-3-8-15(9-16(12)22-2)20(17(21)10-18)11-13-4-6-14(19)7-5-13/h3-9H,10-11H2,1-2H3. The van der Waals surface area contributed by atoms with Gasteiger partial charge in [0.05, 0.1) is 13.7 Å². The number of ether oxygens (including phenoxy) is 1. The summed E-state index contributed by atoms with van der Waals surface area (Å²) >= 11 is 5.71. The highest BCUT2D eigenvalue weighted by atomic mass is 35.5. The van der Waals surface area contributed by atoms with E-state index < -0.39 is 0 Å². The van der Waals surface area contributed by atoms with E-state index in [2.05, 4.69) is 0 Å². The Kier molecular flexibility index (Phi) is 5.39. The van der Waals surface area contributed by atoms with E-state index in [-0.39, 0.29) is 17.6 Å². The predicted octanol–water partition coefficient (Wildman–Crippen LogP) is 3.91. The lowest BCUT2D eigenvalue weighted by Gasteiger charge is -2.23. The number of anilines is 1. The molecule has 0 radical (unpaired) electrons. The molecule has 0 aliphatic carbocycles. The molecule has 0 heterocycles. The molecule has 2 rings (SSSR count). The maximum atomic E-state index is 13.0. The molecule has 116 valence electrons. The van der Waals surface area contributed by atoms with E-state index in [0.29, 0.717) is 18.0 Å². The molecule has 5 heteroatoms. The Morgan fingerprint density at radius 3 is 2.50 bits per heavy atom. The third-order valence-electron chi connectivity index (χ3n) is 3.37. The van der Waals surface area contributed by atoms with Gasteiger partial charge in [-0.25, -0.2) is 4.39 Å². The van der Waals surface area contributed by atoms with Gasteiger partial charge in [0, 0.05) is 11.8 Å². The molecule has 2 aromatic rings. The van der Waals surface area contributed by atoms with Gasteiger partial charge in [-0.3, -0.25) is 4.79 Å². The smallest absolute Gasteiger partial charge is 0.242 e. The second-order valence-electron chi connectivity index (χ2n) is 4.89. The summed E-state index contributed by atoms with van der Waals surface area (Å²) in [6.45, 7) is 2.24. The van der Waals surface area contributed by atoms with Crippen molar-refractivity contribution in [3.05, 3.63) is 59.4 Å². The number of alkyl halides is 1. The molecule has 3 nitrogen and oxygen atoms in total. The number of amides is 1. The van der Waals surface area contributed by atoms with Gasteiger partial charge in [-0.15, -0.1) is 11.6 Å². The van der Waals surface area contributed by atoms with Crippen molar-refractivity contribution in [2.75, 3.05) is 17.9 Å². The molecule has 22 heavy (non-hydrogen) atoms. The first-order chi connectivity index (χ1) is 10.5. The Hall–Kier alpha value is -2.07. The van der Waals surface area contributed by atoms with Crippen molar-refractivity contribution in [1.29, 1.82) is 0 Å². The van der Waals surface area contributed by atoms with E-state index in [1.54, 1.807) is 30.2 Å². The van der Waals surface area contributed by atoms with Crippen LogP contribution in [0, 0.1) is 12.7 Å². The molecule has 0 fully saturated rings. The van der Waals surface area contributed by atoms with Crippen LogP contribution in [0.15, 0.2) is 42.5 Å². The average Bonchev–Trinajstić information content (AvgIpc) is 2.54. The topological polar surface area (TPSA) is 29.5 Å². The third-order valence-corrected chi connectivity index (χ3v) is 3.60. The fraction of sp³-hybridized carbons (Fsp3) is 0.235. The summed E-state index contributed by atoms with van der Waals surface area (Å²) in [4.78, 5) is 13.7. The quantitative estimate of drug-likeness (QED) is 0.781. The largest absolute Gasteiger partial charge is 0.496 e. The van der Waals surface area contributed by atoms with E-state index in [0.717, 1.165) is 11.1 Å². The van der Waals surface area contributed by atoms with E-state index in [4.69, 9.17) is 16.3 Å². The van der Waals surface area contributed by atoms with Gasteiger partial charge in [0.25, 0.3) is 0 Å². The zero-order chi connectivity index (χ0) is 16.1.